The van der Waals surface area contributed by atoms with Crippen LogP contribution in [0.1, 0.15) is 22.8 Å². The Morgan fingerprint density at radius 2 is 2.03 bits per heavy atom. The molecule has 10 heteroatoms. The maximum absolute atomic E-state index is 13.0. The first kappa shape index (κ1) is 22.3. The van der Waals surface area contributed by atoms with Crippen molar-refractivity contribution in [3.63, 3.8) is 0 Å². The molecule has 0 aliphatic carbocycles. The zero-order chi connectivity index (χ0) is 22.7. The number of nitrogens with zero attached hydrogens (tertiary/aromatic N) is 2. The van der Waals surface area contributed by atoms with Gasteiger partial charge in [-0.3, -0.25) is 9.59 Å². The number of carbonyl (C=O) groups excluding carboxylic acids is 2. The Labute approximate surface area is 191 Å². The van der Waals surface area contributed by atoms with Crippen molar-refractivity contribution in [1.29, 1.82) is 0 Å². The van der Waals surface area contributed by atoms with Crippen molar-refractivity contribution < 1.29 is 29.0 Å². The standard InChI is InChI=1S/C21H18IN3O6/c1-11-15(20(27)25(24-11)14-5-3-4-13(9-14)21(28)29)6-12-7-16(22)19(17(8-12)30-2)31-10-18(23)26/h3-9H,10H2,1-2H3,(H2,23,26)(H,28,29). The van der Waals surface area contributed by atoms with Crippen LogP contribution < -0.4 is 20.2 Å². The fourth-order valence-electron chi connectivity index (χ4n) is 2.90. The van der Waals surface area contributed by atoms with Gasteiger partial charge < -0.3 is 20.3 Å². The van der Waals surface area contributed by atoms with Crippen molar-refractivity contribution >= 4 is 57.8 Å². The van der Waals surface area contributed by atoms with Gasteiger partial charge in [-0.05, 0) is 71.5 Å². The van der Waals surface area contributed by atoms with Crippen molar-refractivity contribution in [1.82, 2.24) is 0 Å². The van der Waals surface area contributed by atoms with Crippen LogP contribution in [0.2, 0.25) is 0 Å². The highest BCUT2D eigenvalue weighted by atomic mass is 127. The lowest BCUT2D eigenvalue weighted by molar-refractivity contribution is -0.120. The fraction of sp³-hybridized carbons (Fsp3) is 0.143. The lowest BCUT2D eigenvalue weighted by Crippen LogP contribution is -2.21. The minimum Gasteiger partial charge on any atom is -0.493 e. The Bertz CT molecular complexity index is 1140. The van der Waals surface area contributed by atoms with E-state index in [-0.39, 0.29) is 18.1 Å². The average molecular weight is 535 g/mol. The molecule has 2 aromatic carbocycles. The molecule has 0 saturated carbocycles. The lowest BCUT2D eigenvalue weighted by Gasteiger charge is -2.13. The van der Waals surface area contributed by atoms with Crippen molar-refractivity contribution in [2.75, 3.05) is 18.7 Å². The predicted octanol–water partition coefficient (Wildman–Crippen LogP) is 2.67. The molecule has 0 radical (unpaired) electrons. The quantitative estimate of drug-likeness (QED) is 0.414. The highest BCUT2D eigenvalue weighted by Crippen LogP contribution is 2.35. The number of benzene rings is 2. The minimum absolute atomic E-state index is 0.0569. The van der Waals surface area contributed by atoms with Gasteiger partial charge in [0.2, 0.25) is 0 Å². The van der Waals surface area contributed by atoms with Crippen LogP contribution in [-0.4, -0.2) is 42.3 Å². The number of carbonyl (C=O) groups is 3. The third kappa shape index (κ3) is 4.85. The third-order valence-electron chi connectivity index (χ3n) is 4.32. The van der Waals surface area contributed by atoms with Crippen LogP contribution in [0, 0.1) is 3.57 Å². The molecular weight excluding hydrogens is 517 g/mol. The van der Waals surface area contributed by atoms with E-state index in [1.165, 1.54) is 24.3 Å². The summed E-state index contributed by atoms with van der Waals surface area (Å²) in [4.78, 5) is 35.2. The van der Waals surface area contributed by atoms with Gasteiger partial charge in [0.1, 0.15) is 0 Å². The minimum atomic E-state index is -1.09. The number of rotatable bonds is 7. The van der Waals surface area contributed by atoms with E-state index in [2.05, 4.69) is 5.10 Å². The van der Waals surface area contributed by atoms with E-state index in [4.69, 9.17) is 15.2 Å². The molecule has 3 N–H and O–H groups in total. The second-order valence-electron chi connectivity index (χ2n) is 6.50. The number of nitrogens with two attached hydrogens (primary N) is 1. The van der Waals surface area contributed by atoms with Gasteiger partial charge in [0, 0.05) is 0 Å². The number of halogens is 1. The maximum atomic E-state index is 13.0. The summed E-state index contributed by atoms with van der Waals surface area (Å²) in [5.41, 5.74) is 7.04. The Morgan fingerprint density at radius 1 is 1.29 bits per heavy atom. The van der Waals surface area contributed by atoms with Gasteiger partial charge in [0.25, 0.3) is 11.8 Å². The molecule has 0 unspecified atom stereocenters. The van der Waals surface area contributed by atoms with E-state index in [0.717, 1.165) is 0 Å². The van der Waals surface area contributed by atoms with Gasteiger partial charge in [-0.2, -0.15) is 10.1 Å². The largest absolute Gasteiger partial charge is 0.493 e. The summed E-state index contributed by atoms with van der Waals surface area (Å²) < 4.78 is 11.4. The SMILES string of the molecule is COc1cc(C=C2C(=O)N(c3cccc(C(=O)O)c3)N=C2C)cc(I)c1OCC(N)=O. The number of primary amides is 1. The predicted molar refractivity (Wildman–Crippen MR) is 122 cm³/mol. The molecule has 160 valence electrons. The topological polar surface area (TPSA) is 132 Å². The molecule has 31 heavy (non-hydrogen) atoms. The van der Waals surface area contributed by atoms with Crippen molar-refractivity contribution in [3.05, 3.63) is 56.7 Å². The molecule has 2 aromatic rings. The summed E-state index contributed by atoms with van der Waals surface area (Å²) >= 11 is 2.03. The van der Waals surface area contributed by atoms with Crippen molar-refractivity contribution in [2.45, 2.75) is 6.92 Å². The molecule has 9 nitrogen and oxygen atoms in total. The Morgan fingerprint density at radius 3 is 2.68 bits per heavy atom. The average Bonchev–Trinajstić information content (AvgIpc) is 3.00. The summed E-state index contributed by atoms with van der Waals surface area (Å²) in [5.74, 6) is -1.34. The monoisotopic (exact) mass is 535 g/mol. The van der Waals surface area contributed by atoms with E-state index < -0.39 is 11.9 Å². The molecule has 0 aromatic heterocycles. The zero-order valence-electron chi connectivity index (χ0n) is 16.6. The zero-order valence-corrected chi connectivity index (χ0v) is 18.7. The van der Waals surface area contributed by atoms with Gasteiger partial charge >= 0.3 is 5.97 Å². The first-order valence-corrected chi connectivity index (χ1v) is 10.0. The smallest absolute Gasteiger partial charge is 0.335 e. The first-order valence-electron chi connectivity index (χ1n) is 8.95. The van der Waals surface area contributed by atoms with Crippen LogP contribution in [-0.2, 0) is 9.59 Å². The highest BCUT2D eigenvalue weighted by molar-refractivity contribution is 14.1. The fourth-order valence-corrected chi connectivity index (χ4v) is 3.68. The Balaban J connectivity index is 1.94. The number of anilines is 1. The van der Waals surface area contributed by atoms with Crippen LogP contribution in [0.15, 0.2) is 47.1 Å². The van der Waals surface area contributed by atoms with Gasteiger partial charge in [-0.25, -0.2) is 4.79 Å². The first-order chi connectivity index (χ1) is 14.7. The number of hydrogen-bond acceptors (Lipinski definition) is 6. The van der Waals surface area contributed by atoms with Crippen LogP contribution in [0.4, 0.5) is 5.69 Å². The summed E-state index contributed by atoms with van der Waals surface area (Å²) in [6.07, 6.45) is 1.66. The van der Waals surface area contributed by atoms with Crippen LogP contribution in [0.5, 0.6) is 11.5 Å². The molecular formula is C21H18IN3O6. The van der Waals surface area contributed by atoms with E-state index >= 15 is 0 Å². The Kier molecular flexibility index (Phi) is 6.59. The van der Waals surface area contributed by atoms with Gasteiger partial charge in [0.05, 0.1) is 33.2 Å². The van der Waals surface area contributed by atoms with E-state index in [0.29, 0.717) is 37.6 Å². The number of carboxylic acid groups (broad SMARTS) is 1. The molecule has 1 heterocycles. The molecule has 0 fully saturated rings. The highest BCUT2D eigenvalue weighted by Gasteiger charge is 2.29. The van der Waals surface area contributed by atoms with Crippen molar-refractivity contribution in [3.8, 4) is 11.5 Å². The lowest BCUT2D eigenvalue weighted by atomic mass is 10.1. The van der Waals surface area contributed by atoms with Crippen molar-refractivity contribution in [2.24, 2.45) is 10.8 Å². The molecule has 0 bridgehead atoms. The second-order valence-corrected chi connectivity index (χ2v) is 7.67. The maximum Gasteiger partial charge on any atom is 0.335 e. The normalized spacial score (nSPS) is 14.5. The van der Waals surface area contributed by atoms with Gasteiger partial charge in [-0.1, -0.05) is 6.07 Å². The summed E-state index contributed by atoms with van der Waals surface area (Å²) in [5, 5.41) is 14.6. The number of methoxy groups -OCH3 is 1. The number of aromatic carboxylic acids is 1. The number of amides is 2. The van der Waals surface area contributed by atoms with Gasteiger partial charge in [0.15, 0.2) is 18.1 Å². The number of carboxylic acids is 1. The summed E-state index contributed by atoms with van der Waals surface area (Å²) in [6.45, 7) is 1.40. The molecule has 3 rings (SSSR count). The third-order valence-corrected chi connectivity index (χ3v) is 5.12. The number of hydrogen-bond donors (Lipinski definition) is 2. The molecule has 0 spiro atoms. The van der Waals surface area contributed by atoms with Crippen LogP contribution in [0.3, 0.4) is 0 Å². The summed E-state index contributed by atoms with van der Waals surface area (Å²) in [6, 6.07) is 9.42. The molecule has 0 atom stereocenters. The van der Waals surface area contributed by atoms with Crippen LogP contribution >= 0.6 is 22.6 Å². The number of ether oxygens (including phenoxy) is 2. The van der Waals surface area contributed by atoms with E-state index in [1.807, 2.05) is 22.6 Å². The van der Waals surface area contributed by atoms with Crippen LogP contribution in [0.25, 0.3) is 6.08 Å². The summed E-state index contributed by atoms with van der Waals surface area (Å²) in [7, 11) is 1.46. The Hall–Kier alpha value is -3.41. The second kappa shape index (κ2) is 9.16. The molecule has 1 aliphatic heterocycles. The van der Waals surface area contributed by atoms with E-state index in [1.54, 1.807) is 37.3 Å². The molecule has 0 saturated heterocycles. The van der Waals surface area contributed by atoms with Gasteiger partial charge in [-0.15, -0.1) is 0 Å². The molecule has 2 amide bonds. The molecule has 1 aliphatic rings. The number of hydrazone groups is 1. The van der Waals surface area contributed by atoms with E-state index in [9.17, 15) is 19.5 Å².